The fraction of sp³-hybridized carbons (Fsp3) is 0.158. The maximum absolute atomic E-state index is 5.38. The van der Waals surface area contributed by atoms with Crippen molar-refractivity contribution in [3.05, 3.63) is 60.7 Å². The Balaban J connectivity index is 2.34. The fourth-order valence-corrected chi connectivity index (χ4v) is 2.71. The number of nitrogens with zero attached hydrogens (tertiary/aromatic N) is 1. The number of ether oxygens (including phenoxy) is 1. The summed E-state index contributed by atoms with van der Waals surface area (Å²) in [5.74, 6) is 0.880. The van der Waals surface area contributed by atoms with Gasteiger partial charge in [0.05, 0.1) is 7.11 Å². The molecule has 3 rings (SSSR count). The molecule has 0 spiro atoms. The summed E-state index contributed by atoms with van der Waals surface area (Å²) in [6.45, 7) is 0. The predicted octanol–water partition coefficient (Wildman–Crippen LogP) is 4.58. The molecule has 3 aromatic rings. The molecule has 0 unspecified atom stereocenters. The maximum Gasteiger partial charge on any atom is 0.119 e. The highest BCUT2D eigenvalue weighted by molar-refractivity contribution is 6.03. The molecule has 0 aromatic heterocycles. The Kier molecular flexibility index (Phi) is 3.53. The summed E-state index contributed by atoms with van der Waals surface area (Å²) in [7, 11) is 5.86. The second-order valence-electron chi connectivity index (χ2n) is 5.31. The van der Waals surface area contributed by atoms with E-state index in [0.717, 1.165) is 5.75 Å². The predicted molar refractivity (Wildman–Crippen MR) is 90.3 cm³/mol. The topological polar surface area (TPSA) is 12.5 Å². The molecule has 0 aliphatic rings. The van der Waals surface area contributed by atoms with Crippen LogP contribution in [0, 0.1) is 0 Å². The molecule has 0 aliphatic carbocycles. The molecule has 106 valence electrons. The first-order valence-corrected chi connectivity index (χ1v) is 7.04. The van der Waals surface area contributed by atoms with Gasteiger partial charge in [0.15, 0.2) is 0 Å². The lowest BCUT2D eigenvalue weighted by Crippen LogP contribution is -2.10. The maximum atomic E-state index is 5.38. The largest absolute Gasteiger partial charge is 0.497 e. The molecule has 0 heterocycles. The standard InChI is InChI=1S/C19H19NO/c1-20(2)18-12-11-14-7-4-5-10-17(14)19(18)15-8-6-9-16(13-15)21-3/h4-13H,1-3H3. The molecule has 0 amide bonds. The van der Waals surface area contributed by atoms with Gasteiger partial charge in [-0.3, -0.25) is 0 Å². The average molecular weight is 277 g/mol. The summed E-state index contributed by atoms with van der Waals surface area (Å²) >= 11 is 0. The Morgan fingerprint density at radius 3 is 2.43 bits per heavy atom. The average Bonchev–Trinajstić information content (AvgIpc) is 2.53. The third-order valence-corrected chi connectivity index (χ3v) is 3.75. The summed E-state index contributed by atoms with van der Waals surface area (Å²) in [6, 6.07) is 21.1. The van der Waals surface area contributed by atoms with Crippen LogP contribution in [0.15, 0.2) is 60.7 Å². The Hall–Kier alpha value is -2.48. The molecule has 0 aliphatic heterocycles. The van der Waals surface area contributed by atoms with Gasteiger partial charge in [0.1, 0.15) is 5.75 Å². The zero-order valence-corrected chi connectivity index (χ0v) is 12.6. The van der Waals surface area contributed by atoms with E-state index >= 15 is 0 Å². The summed E-state index contributed by atoms with van der Waals surface area (Å²) in [4.78, 5) is 2.15. The van der Waals surface area contributed by atoms with Gasteiger partial charge in [-0.25, -0.2) is 0 Å². The van der Waals surface area contributed by atoms with Gasteiger partial charge in [-0.05, 0) is 34.5 Å². The van der Waals surface area contributed by atoms with E-state index in [1.165, 1.54) is 27.6 Å². The van der Waals surface area contributed by atoms with Crippen LogP contribution < -0.4 is 9.64 Å². The van der Waals surface area contributed by atoms with E-state index in [4.69, 9.17) is 4.74 Å². The number of methoxy groups -OCH3 is 1. The van der Waals surface area contributed by atoms with Crippen molar-refractivity contribution in [3.8, 4) is 16.9 Å². The van der Waals surface area contributed by atoms with Crippen LogP contribution in [0.4, 0.5) is 5.69 Å². The van der Waals surface area contributed by atoms with Crippen molar-refractivity contribution in [1.29, 1.82) is 0 Å². The SMILES string of the molecule is COc1cccc(-c2c(N(C)C)ccc3ccccc23)c1. The van der Waals surface area contributed by atoms with Crippen LogP contribution in [-0.2, 0) is 0 Å². The molecule has 21 heavy (non-hydrogen) atoms. The molecule has 0 atom stereocenters. The minimum Gasteiger partial charge on any atom is -0.497 e. The second kappa shape index (κ2) is 5.49. The molecule has 2 heteroatoms. The quantitative estimate of drug-likeness (QED) is 0.694. The highest BCUT2D eigenvalue weighted by atomic mass is 16.5. The number of anilines is 1. The van der Waals surface area contributed by atoms with Crippen LogP contribution in [0.1, 0.15) is 0 Å². The number of benzene rings is 3. The molecular weight excluding hydrogens is 258 g/mol. The molecule has 0 bridgehead atoms. The van der Waals surface area contributed by atoms with Gasteiger partial charge in [-0.15, -0.1) is 0 Å². The zero-order chi connectivity index (χ0) is 14.8. The zero-order valence-electron chi connectivity index (χ0n) is 12.6. The van der Waals surface area contributed by atoms with E-state index in [1.54, 1.807) is 7.11 Å². The van der Waals surface area contributed by atoms with Crippen molar-refractivity contribution >= 4 is 16.5 Å². The molecule has 0 saturated heterocycles. The van der Waals surface area contributed by atoms with Gasteiger partial charge >= 0.3 is 0 Å². The summed E-state index contributed by atoms with van der Waals surface area (Å²) in [5.41, 5.74) is 3.63. The number of fused-ring (bicyclic) bond motifs is 1. The van der Waals surface area contributed by atoms with Gasteiger partial charge < -0.3 is 9.64 Å². The van der Waals surface area contributed by atoms with Crippen LogP contribution in [-0.4, -0.2) is 21.2 Å². The molecule has 0 fully saturated rings. The molecule has 2 nitrogen and oxygen atoms in total. The van der Waals surface area contributed by atoms with Crippen molar-refractivity contribution in [1.82, 2.24) is 0 Å². The monoisotopic (exact) mass is 277 g/mol. The van der Waals surface area contributed by atoms with E-state index in [2.05, 4.69) is 67.5 Å². The molecule has 0 saturated carbocycles. The molecule has 0 N–H and O–H groups in total. The first-order chi connectivity index (χ1) is 10.2. The highest BCUT2D eigenvalue weighted by Crippen LogP contribution is 2.37. The number of hydrogen-bond acceptors (Lipinski definition) is 2. The van der Waals surface area contributed by atoms with Crippen LogP contribution in [0.25, 0.3) is 21.9 Å². The Bertz CT molecular complexity index is 777. The third kappa shape index (κ3) is 2.45. The van der Waals surface area contributed by atoms with E-state index in [-0.39, 0.29) is 0 Å². The van der Waals surface area contributed by atoms with E-state index in [0.29, 0.717) is 0 Å². The van der Waals surface area contributed by atoms with Crippen LogP contribution in [0.3, 0.4) is 0 Å². The van der Waals surface area contributed by atoms with Crippen LogP contribution in [0.2, 0.25) is 0 Å². The van der Waals surface area contributed by atoms with Crippen LogP contribution in [0.5, 0.6) is 5.75 Å². The van der Waals surface area contributed by atoms with E-state index < -0.39 is 0 Å². The van der Waals surface area contributed by atoms with Gasteiger partial charge in [0.2, 0.25) is 0 Å². The van der Waals surface area contributed by atoms with Crippen molar-refractivity contribution in [2.45, 2.75) is 0 Å². The second-order valence-corrected chi connectivity index (χ2v) is 5.31. The molecular formula is C19H19NO. The molecule has 0 radical (unpaired) electrons. The van der Waals surface area contributed by atoms with Crippen molar-refractivity contribution in [2.24, 2.45) is 0 Å². The minimum absolute atomic E-state index is 0.880. The smallest absolute Gasteiger partial charge is 0.119 e. The Morgan fingerprint density at radius 2 is 1.67 bits per heavy atom. The number of hydrogen-bond donors (Lipinski definition) is 0. The van der Waals surface area contributed by atoms with Crippen molar-refractivity contribution in [2.75, 3.05) is 26.1 Å². The van der Waals surface area contributed by atoms with Gasteiger partial charge in [-0.2, -0.15) is 0 Å². The lowest BCUT2D eigenvalue weighted by molar-refractivity contribution is 0.415. The van der Waals surface area contributed by atoms with Crippen molar-refractivity contribution in [3.63, 3.8) is 0 Å². The van der Waals surface area contributed by atoms with Gasteiger partial charge in [0.25, 0.3) is 0 Å². The Labute approximate surface area is 125 Å². The van der Waals surface area contributed by atoms with Gasteiger partial charge in [-0.1, -0.05) is 42.5 Å². The fourth-order valence-electron chi connectivity index (χ4n) is 2.71. The summed E-state index contributed by atoms with van der Waals surface area (Å²) in [6.07, 6.45) is 0. The first kappa shape index (κ1) is 13.5. The third-order valence-electron chi connectivity index (χ3n) is 3.75. The Morgan fingerprint density at radius 1 is 0.857 bits per heavy atom. The van der Waals surface area contributed by atoms with Crippen molar-refractivity contribution < 1.29 is 4.74 Å². The minimum atomic E-state index is 0.880. The summed E-state index contributed by atoms with van der Waals surface area (Å²) < 4.78 is 5.38. The summed E-state index contributed by atoms with van der Waals surface area (Å²) in [5, 5.41) is 2.51. The number of rotatable bonds is 3. The lowest BCUT2D eigenvalue weighted by atomic mass is 9.96. The normalized spacial score (nSPS) is 10.6. The first-order valence-electron chi connectivity index (χ1n) is 7.04. The highest BCUT2D eigenvalue weighted by Gasteiger charge is 2.12. The lowest BCUT2D eigenvalue weighted by Gasteiger charge is -2.20. The van der Waals surface area contributed by atoms with Crippen LogP contribution >= 0.6 is 0 Å². The van der Waals surface area contributed by atoms with E-state index in [1.807, 2.05) is 12.1 Å². The van der Waals surface area contributed by atoms with Gasteiger partial charge in [0, 0.05) is 25.3 Å². The van der Waals surface area contributed by atoms with E-state index in [9.17, 15) is 0 Å². The molecule has 3 aromatic carbocycles.